The molecule has 3 N–H and O–H groups in total. The number of hydrogen-bond donors (Lipinski definition) is 2. The van der Waals surface area contributed by atoms with Gasteiger partial charge in [0.25, 0.3) is 0 Å². The zero-order chi connectivity index (χ0) is 12.3. The van der Waals surface area contributed by atoms with E-state index in [4.69, 9.17) is 5.73 Å². The van der Waals surface area contributed by atoms with Crippen LogP contribution in [-0.2, 0) is 4.74 Å². The number of ether oxygens (including phenoxy) is 1. The summed E-state index contributed by atoms with van der Waals surface area (Å²) in [5.74, 6) is -0.775. The van der Waals surface area contributed by atoms with Crippen LogP contribution in [0.5, 0.6) is 5.75 Å². The average molecular weight is 223 g/mol. The van der Waals surface area contributed by atoms with Crippen LogP contribution in [0, 0.1) is 0 Å². The van der Waals surface area contributed by atoms with Crippen LogP contribution in [0.15, 0.2) is 12.1 Å². The lowest BCUT2D eigenvalue weighted by Gasteiger charge is -2.11. The summed E-state index contributed by atoms with van der Waals surface area (Å²) < 4.78 is 4.53. The molecule has 0 spiro atoms. The van der Waals surface area contributed by atoms with Crippen molar-refractivity contribution in [3.8, 4) is 5.75 Å². The van der Waals surface area contributed by atoms with Gasteiger partial charge in [-0.2, -0.15) is 0 Å². The lowest BCUT2D eigenvalue weighted by molar-refractivity contribution is 0.0600. The average Bonchev–Trinajstić information content (AvgIpc) is 2.27. The second-order valence-corrected chi connectivity index (χ2v) is 3.40. The number of carbonyl (C=O) groups is 2. The predicted molar refractivity (Wildman–Crippen MR) is 57.4 cm³/mol. The number of esters is 1. The van der Waals surface area contributed by atoms with Crippen molar-refractivity contribution in [2.24, 2.45) is 5.73 Å². The van der Waals surface area contributed by atoms with E-state index in [-0.39, 0.29) is 16.9 Å². The van der Waals surface area contributed by atoms with Crippen molar-refractivity contribution in [3.05, 3.63) is 28.8 Å². The number of methoxy groups -OCH3 is 1. The number of benzene rings is 1. The molecule has 0 aliphatic carbocycles. The van der Waals surface area contributed by atoms with Gasteiger partial charge in [0.1, 0.15) is 5.75 Å². The molecule has 1 rings (SSSR count). The minimum atomic E-state index is -0.579. The minimum absolute atomic E-state index is 0.0233. The first kappa shape index (κ1) is 12.2. The molecule has 86 valence electrons. The molecule has 0 aromatic heterocycles. The van der Waals surface area contributed by atoms with Crippen LogP contribution in [-0.4, -0.2) is 24.5 Å². The monoisotopic (exact) mass is 223 g/mol. The van der Waals surface area contributed by atoms with Gasteiger partial charge < -0.3 is 15.6 Å². The molecule has 0 aliphatic rings. The third-order valence-electron chi connectivity index (χ3n) is 2.21. The van der Waals surface area contributed by atoms with Gasteiger partial charge in [0.2, 0.25) is 0 Å². The van der Waals surface area contributed by atoms with Crippen molar-refractivity contribution in [3.63, 3.8) is 0 Å². The van der Waals surface area contributed by atoms with Crippen molar-refractivity contribution in [1.29, 1.82) is 0 Å². The Morgan fingerprint density at radius 3 is 2.62 bits per heavy atom. The number of hydrogen-bond acceptors (Lipinski definition) is 5. The van der Waals surface area contributed by atoms with Gasteiger partial charge in [-0.25, -0.2) is 4.79 Å². The van der Waals surface area contributed by atoms with Gasteiger partial charge in [0.05, 0.1) is 18.2 Å². The van der Waals surface area contributed by atoms with Crippen molar-refractivity contribution < 1.29 is 19.4 Å². The maximum atomic E-state index is 11.3. The van der Waals surface area contributed by atoms with Crippen LogP contribution >= 0.6 is 0 Å². The molecule has 0 saturated heterocycles. The quantitative estimate of drug-likeness (QED) is 0.589. The summed E-state index contributed by atoms with van der Waals surface area (Å²) in [6.07, 6.45) is 0.466. The van der Waals surface area contributed by atoms with Crippen LogP contribution in [0.2, 0.25) is 0 Å². The molecule has 0 heterocycles. The number of carbonyl (C=O) groups excluding carboxylic acids is 2. The molecule has 0 fully saturated rings. The maximum Gasteiger partial charge on any atom is 0.337 e. The highest BCUT2D eigenvalue weighted by atomic mass is 16.5. The molecule has 16 heavy (non-hydrogen) atoms. The van der Waals surface area contributed by atoms with E-state index < -0.39 is 12.0 Å². The van der Waals surface area contributed by atoms with Crippen molar-refractivity contribution in [2.75, 3.05) is 7.11 Å². The summed E-state index contributed by atoms with van der Waals surface area (Å²) in [6, 6.07) is 2.20. The van der Waals surface area contributed by atoms with Crippen LogP contribution in [0.3, 0.4) is 0 Å². The Labute approximate surface area is 92.8 Å². The Kier molecular flexibility index (Phi) is 3.63. The van der Waals surface area contributed by atoms with Crippen LogP contribution in [0.25, 0.3) is 0 Å². The summed E-state index contributed by atoms with van der Waals surface area (Å²) in [5.41, 5.74) is 6.17. The number of rotatable bonds is 3. The minimum Gasteiger partial charge on any atom is -0.507 e. The number of aldehydes is 1. The second kappa shape index (κ2) is 4.76. The number of phenolic OH excluding ortho intramolecular Hbond substituents is 1. The molecular weight excluding hydrogens is 210 g/mol. The molecule has 0 amide bonds. The Bertz CT molecular complexity index is 426. The summed E-state index contributed by atoms with van der Waals surface area (Å²) in [6.45, 7) is 1.64. The first-order valence-corrected chi connectivity index (χ1v) is 4.67. The van der Waals surface area contributed by atoms with E-state index in [9.17, 15) is 14.7 Å². The number of aromatic hydroxyl groups is 1. The smallest absolute Gasteiger partial charge is 0.337 e. The van der Waals surface area contributed by atoms with E-state index in [0.29, 0.717) is 11.8 Å². The fourth-order valence-electron chi connectivity index (χ4n) is 1.35. The summed E-state index contributed by atoms with van der Waals surface area (Å²) in [5, 5.41) is 9.67. The topological polar surface area (TPSA) is 89.6 Å². The molecule has 0 saturated carbocycles. The van der Waals surface area contributed by atoms with Crippen molar-refractivity contribution in [2.45, 2.75) is 13.0 Å². The lowest BCUT2D eigenvalue weighted by atomic mass is 10.0. The van der Waals surface area contributed by atoms with E-state index in [0.717, 1.165) is 0 Å². The Morgan fingerprint density at radius 2 is 2.19 bits per heavy atom. The van der Waals surface area contributed by atoms with E-state index >= 15 is 0 Å². The Hall–Kier alpha value is -1.88. The standard InChI is InChI=1S/C11H13NO4/c1-6(12)9-4-7(11(15)16-2)3-8(5-13)10(9)14/h3-6,14H,12H2,1-2H3/t6-/m0/s1. The summed E-state index contributed by atoms with van der Waals surface area (Å²) in [7, 11) is 1.24. The molecule has 1 atom stereocenters. The molecule has 5 heteroatoms. The Balaban J connectivity index is 3.39. The van der Waals surface area contributed by atoms with Gasteiger partial charge in [-0.05, 0) is 19.1 Å². The van der Waals surface area contributed by atoms with E-state index in [2.05, 4.69) is 4.74 Å². The molecular formula is C11H13NO4. The second-order valence-electron chi connectivity index (χ2n) is 3.40. The van der Waals surface area contributed by atoms with Crippen LogP contribution in [0.4, 0.5) is 0 Å². The fraction of sp³-hybridized carbons (Fsp3) is 0.273. The third-order valence-corrected chi connectivity index (χ3v) is 2.21. The van der Waals surface area contributed by atoms with E-state index in [1.165, 1.54) is 19.2 Å². The third kappa shape index (κ3) is 2.20. The van der Waals surface area contributed by atoms with E-state index in [1.54, 1.807) is 6.92 Å². The van der Waals surface area contributed by atoms with Crippen LogP contribution < -0.4 is 5.73 Å². The van der Waals surface area contributed by atoms with Gasteiger partial charge in [-0.1, -0.05) is 0 Å². The van der Waals surface area contributed by atoms with Gasteiger partial charge in [-0.15, -0.1) is 0 Å². The molecule has 1 aromatic carbocycles. The van der Waals surface area contributed by atoms with Gasteiger partial charge in [0.15, 0.2) is 6.29 Å². The molecule has 5 nitrogen and oxygen atoms in total. The van der Waals surface area contributed by atoms with Crippen LogP contribution in [0.1, 0.15) is 39.2 Å². The molecule has 0 radical (unpaired) electrons. The maximum absolute atomic E-state index is 11.3. The largest absolute Gasteiger partial charge is 0.507 e. The highest BCUT2D eigenvalue weighted by molar-refractivity contribution is 5.93. The molecule has 0 aliphatic heterocycles. The zero-order valence-electron chi connectivity index (χ0n) is 9.06. The molecule has 0 unspecified atom stereocenters. The van der Waals surface area contributed by atoms with Gasteiger partial charge in [0, 0.05) is 11.6 Å². The fourth-order valence-corrected chi connectivity index (χ4v) is 1.35. The molecule has 0 bridgehead atoms. The zero-order valence-corrected chi connectivity index (χ0v) is 9.06. The number of nitrogens with two attached hydrogens (primary N) is 1. The van der Waals surface area contributed by atoms with Gasteiger partial charge in [-0.3, -0.25) is 4.79 Å². The Morgan fingerprint density at radius 1 is 1.56 bits per heavy atom. The first-order chi connectivity index (χ1) is 7.51. The highest BCUT2D eigenvalue weighted by Gasteiger charge is 2.16. The first-order valence-electron chi connectivity index (χ1n) is 4.67. The molecule has 1 aromatic rings. The normalized spacial score (nSPS) is 11.9. The highest BCUT2D eigenvalue weighted by Crippen LogP contribution is 2.27. The predicted octanol–water partition coefficient (Wildman–Crippen LogP) is 1.01. The number of phenols is 1. The van der Waals surface area contributed by atoms with Crippen molar-refractivity contribution >= 4 is 12.3 Å². The lowest BCUT2D eigenvalue weighted by Crippen LogP contribution is -2.10. The summed E-state index contributed by atoms with van der Waals surface area (Å²) in [4.78, 5) is 22.0. The SMILES string of the molecule is COC(=O)c1cc(C=O)c(O)c([C@H](C)N)c1. The van der Waals surface area contributed by atoms with E-state index in [1.807, 2.05) is 0 Å². The van der Waals surface area contributed by atoms with Crippen molar-refractivity contribution in [1.82, 2.24) is 0 Å². The summed E-state index contributed by atoms with van der Waals surface area (Å²) >= 11 is 0. The van der Waals surface area contributed by atoms with Gasteiger partial charge >= 0.3 is 5.97 Å².